The Balaban J connectivity index is 2.74. The molecule has 0 aliphatic carbocycles. The van der Waals surface area contributed by atoms with Gasteiger partial charge in [0.2, 0.25) is 0 Å². The predicted molar refractivity (Wildman–Crippen MR) is 81.0 cm³/mol. The average Bonchev–Trinajstić information content (AvgIpc) is 2.34. The molecule has 0 spiro atoms. The molecule has 0 aliphatic heterocycles. The van der Waals surface area contributed by atoms with Gasteiger partial charge in [-0.25, -0.2) is 4.39 Å². The molecule has 2 nitrogen and oxygen atoms in total. The summed E-state index contributed by atoms with van der Waals surface area (Å²) < 4.78 is 19.2. The molecule has 1 aromatic carbocycles. The number of nitrogens with one attached hydrogen (secondary N) is 1. The number of rotatable bonds is 7. The summed E-state index contributed by atoms with van der Waals surface area (Å²) in [5, 5.41) is 3.47. The van der Waals surface area contributed by atoms with Crippen LogP contribution in [0.1, 0.15) is 32.8 Å². The second-order valence-electron chi connectivity index (χ2n) is 5.38. The molecule has 4 heteroatoms. The fraction of sp³-hybridized carbons (Fsp3) is 0.600. The van der Waals surface area contributed by atoms with Gasteiger partial charge in [0.15, 0.2) is 0 Å². The third kappa shape index (κ3) is 5.59. The number of methoxy groups -OCH3 is 1. The van der Waals surface area contributed by atoms with Crippen LogP contribution < -0.4 is 5.32 Å². The summed E-state index contributed by atoms with van der Waals surface area (Å²) in [4.78, 5) is 0. The highest BCUT2D eigenvalue weighted by atomic mass is 79.9. The molecular formula is C15H23BrFNO. The standard InChI is InChI=1S/C15H23BrFNO/c1-5-18-12(10-15(2,3)19-4)8-11-6-7-14(17)13(16)9-11/h6-7,9,12,18H,5,8,10H2,1-4H3. The molecule has 1 rings (SSSR count). The maximum absolute atomic E-state index is 13.2. The lowest BCUT2D eigenvalue weighted by Crippen LogP contribution is -2.39. The van der Waals surface area contributed by atoms with Gasteiger partial charge in [0.25, 0.3) is 0 Å². The molecule has 0 aliphatic rings. The first kappa shape index (κ1) is 16.6. The maximum Gasteiger partial charge on any atom is 0.137 e. The van der Waals surface area contributed by atoms with Crippen LogP contribution in [0.25, 0.3) is 0 Å². The Morgan fingerprint density at radius 1 is 1.42 bits per heavy atom. The molecule has 1 unspecified atom stereocenters. The Hall–Kier alpha value is -0.450. The van der Waals surface area contributed by atoms with Gasteiger partial charge < -0.3 is 10.1 Å². The summed E-state index contributed by atoms with van der Waals surface area (Å²) in [6.07, 6.45) is 1.77. The topological polar surface area (TPSA) is 21.3 Å². The molecule has 0 radical (unpaired) electrons. The fourth-order valence-electron chi connectivity index (χ4n) is 2.13. The van der Waals surface area contributed by atoms with Crippen molar-refractivity contribution < 1.29 is 9.13 Å². The Morgan fingerprint density at radius 2 is 2.11 bits per heavy atom. The SMILES string of the molecule is CCNC(Cc1ccc(F)c(Br)c1)CC(C)(C)OC. The van der Waals surface area contributed by atoms with Gasteiger partial charge in [-0.1, -0.05) is 13.0 Å². The first-order valence-electron chi connectivity index (χ1n) is 6.60. The second-order valence-corrected chi connectivity index (χ2v) is 6.23. The lowest BCUT2D eigenvalue weighted by atomic mass is 9.94. The van der Waals surface area contributed by atoms with Crippen molar-refractivity contribution in [3.8, 4) is 0 Å². The van der Waals surface area contributed by atoms with E-state index in [0.717, 1.165) is 24.9 Å². The van der Waals surface area contributed by atoms with E-state index in [2.05, 4.69) is 42.0 Å². The molecule has 0 saturated carbocycles. The summed E-state index contributed by atoms with van der Waals surface area (Å²) in [6, 6.07) is 5.51. The number of likely N-dealkylation sites (N-methyl/N-ethyl adjacent to an activating group) is 1. The zero-order valence-corrected chi connectivity index (χ0v) is 13.7. The van der Waals surface area contributed by atoms with Gasteiger partial charge in [-0.2, -0.15) is 0 Å². The molecular weight excluding hydrogens is 309 g/mol. The third-order valence-electron chi connectivity index (χ3n) is 3.25. The summed E-state index contributed by atoms with van der Waals surface area (Å²) in [7, 11) is 1.73. The van der Waals surface area contributed by atoms with Gasteiger partial charge in [0.1, 0.15) is 5.82 Å². The van der Waals surface area contributed by atoms with E-state index < -0.39 is 0 Å². The zero-order chi connectivity index (χ0) is 14.5. The second kappa shape index (κ2) is 7.36. The van der Waals surface area contributed by atoms with Crippen molar-refractivity contribution in [2.24, 2.45) is 0 Å². The predicted octanol–water partition coefficient (Wildman–Crippen LogP) is 3.92. The molecule has 0 heterocycles. The van der Waals surface area contributed by atoms with Crippen molar-refractivity contribution in [1.29, 1.82) is 0 Å². The molecule has 0 amide bonds. The lowest BCUT2D eigenvalue weighted by Gasteiger charge is -2.29. The zero-order valence-electron chi connectivity index (χ0n) is 12.1. The average molecular weight is 332 g/mol. The summed E-state index contributed by atoms with van der Waals surface area (Å²) in [6.45, 7) is 7.16. The number of ether oxygens (including phenoxy) is 1. The van der Waals surface area contributed by atoms with Crippen LogP contribution in [0.2, 0.25) is 0 Å². The largest absolute Gasteiger partial charge is 0.379 e. The van der Waals surface area contributed by atoms with Crippen molar-refractivity contribution in [2.75, 3.05) is 13.7 Å². The van der Waals surface area contributed by atoms with Crippen molar-refractivity contribution in [1.82, 2.24) is 5.32 Å². The lowest BCUT2D eigenvalue weighted by molar-refractivity contribution is 0.00726. The molecule has 108 valence electrons. The highest BCUT2D eigenvalue weighted by molar-refractivity contribution is 9.10. The molecule has 19 heavy (non-hydrogen) atoms. The Morgan fingerprint density at radius 3 is 2.63 bits per heavy atom. The van der Waals surface area contributed by atoms with E-state index in [1.165, 1.54) is 6.07 Å². The van der Waals surface area contributed by atoms with Gasteiger partial charge in [0.05, 0.1) is 10.1 Å². The third-order valence-corrected chi connectivity index (χ3v) is 3.86. The molecule has 0 fully saturated rings. The van der Waals surface area contributed by atoms with Gasteiger partial charge in [0, 0.05) is 13.2 Å². The highest BCUT2D eigenvalue weighted by Gasteiger charge is 2.22. The minimum Gasteiger partial charge on any atom is -0.379 e. The Labute approximate surface area is 123 Å². The van der Waals surface area contributed by atoms with E-state index >= 15 is 0 Å². The minimum atomic E-state index is -0.221. The van der Waals surface area contributed by atoms with Crippen LogP contribution in [0, 0.1) is 5.82 Å². The number of hydrogen-bond donors (Lipinski definition) is 1. The van der Waals surface area contributed by atoms with E-state index in [4.69, 9.17) is 4.74 Å². The van der Waals surface area contributed by atoms with Crippen molar-refractivity contribution in [3.05, 3.63) is 34.1 Å². The van der Waals surface area contributed by atoms with E-state index in [1.54, 1.807) is 7.11 Å². The van der Waals surface area contributed by atoms with E-state index in [9.17, 15) is 4.39 Å². The summed E-state index contributed by atoms with van der Waals surface area (Å²) in [5.41, 5.74) is 0.954. The molecule has 1 aromatic rings. The molecule has 0 saturated heterocycles. The van der Waals surface area contributed by atoms with E-state index in [1.807, 2.05) is 12.1 Å². The van der Waals surface area contributed by atoms with E-state index in [-0.39, 0.29) is 11.4 Å². The van der Waals surface area contributed by atoms with Gasteiger partial charge in [-0.15, -0.1) is 0 Å². The highest BCUT2D eigenvalue weighted by Crippen LogP contribution is 2.21. The van der Waals surface area contributed by atoms with Gasteiger partial charge >= 0.3 is 0 Å². The maximum atomic E-state index is 13.2. The molecule has 0 bridgehead atoms. The van der Waals surface area contributed by atoms with E-state index in [0.29, 0.717) is 10.5 Å². The fourth-order valence-corrected chi connectivity index (χ4v) is 2.56. The molecule has 0 aromatic heterocycles. The first-order chi connectivity index (χ1) is 8.88. The van der Waals surface area contributed by atoms with Crippen molar-refractivity contribution in [3.63, 3.8) is 0 Å². The molecule has 1 N–H and O–H groups in total. The van der Waals surface area contributed by atoms with Crippen LogP contribution in [-0.2, 0) is 11.2 Å². The van der Waals surface area contributed by atoms with Crippen molar-refractivity contribution >= 4 is 15.9 Å². The summed E-state index contributed by atoms with van der Waals surface area (Å²) >= 11 is 3.23. The van der Waals surface area contributed by atoms with Gasteiger partial charge in [-0.05, 0) is 66.9 Å². The Bertz CT molecular complexity index is 409. The molecule has 1 atom stereocenters. The Kier molecular flexibility index (Phi) is 6.43. The van der Waals surface area contributed by atoms with Crippen molar-refractivity contribution in [2.45, 2.75) is 45.3 Å². The van der Waals surface area contributed by atoms with Crippen LogP contribution in [-0.4, -0.2) is 25.3 Å². The smallest absolute Gasteiger partial charge is 0.137 e. The van der Waals surface area contributed by atoms with Crippen LogP contribution in [0.3, 0.4) is 0 Å². The van der Waals surface area contributed by atoms with Crippen LogP contribution in [0.4, 0.5) is 4.39 Å². The van der Waals surface area contributed by atoms with Crippen LogP contribution >= 0.6 is 15.9 Å². The number of hydrogen-bond acceptors (Lipinski definition) is 2. The minimum absolute atomic E-state index is 0.163. The van der Waals surface area contributed by atoms with Crippen LogP contribution in [0.5, 0.6) is 0 Å². The van der Waals surface area contributed by atoms with Gasteiger partial charge in [-0.3, -0.25) is 0 Å². The quantitative estimate of drug-likeness (QED) is 0.817. The first-order valence-corrected chi connectivity index (χ1v) is 7.39. The number of halogens is 2. The monoisotopic (exact) mass is 331 g/mol. The van der Waals surface area contributed by atoms with Crippen LogP contribution in [0.15, 0.2) is 22.7 Å². The normalized spacial score (nSPS) is 13.6. The number of benzene rings is 1. The summed E-state index contributed by atoms with van der Waals surface area (Å²) in [5.74, 6) is -0.221.